The molecular formula is C12H20N4O. The van der Waals surface area contributed by atoms with Crippen LogP contribution in [0.5, 0.6) is 0 Å². The number of anilines is 1. The maximum Gasteiger partial charge on any atom is 0.293 e. The minimum absolute atomic E-state index is 0.0382. The average Bonchev–Trinajstić information content (AvgIpc) is 2.61. The molecule has 94 valence electrons. The third kappa shape index (κ3) is 2.85. The van der Waals surface area contributed by atoms with Crippen molar-refractivity contribution in [2.75, 3.05) is 31.1 Å². The van der Waals surface area contributed by atoms with E-state index in [0.717, 1.165) is 45.6 Å². The van der Waals surface area contributed by atoms with E-state index in [4.69, 9.17) is 0 Å². The van der Waals surface area contributed by atoms with Crippen LogP contribution in [0.15, 0.2) is 17.2 Å². The van der Waals surface area contributed by atoms with E-state index in [1.807, 2.05) is 0 Å². The van der Waals surface area contributed by atoms with Crippen molar-refractivity contribution >= 4 is 5.82 Å². The summed E-state index contributed by atoms with van der Waals surface area (Å²) in [6, 6.07) is 0. The molecule has 0 aliphatic carbocycles. The van der Waals surface area contributed by atoms with E-state index in [2.05, 4.69) is 22.1 Å². The molecule has 17 heavy (non-hydrogen) atoms. The van der Waals surface area contributed by atoms with E-state index in [1.54, 1.807) is 17.0 Å². The van der Waals surface area contributed by atoms with E-state index in [9.17, 15) is 4.79 Å². The second-order valence-electron chi connectivity index (χ2n) is 4.34. The van der Waals surface area contributed by atoms with Gasteiger partial charge in [0.05, 0.1) is 0 Å². The Bertz CT molecular complexity index is 407. The lowest BCUT2D eigenvalue weighted by Gasteiger charge is -2.20. The average molecular weight is 236 g/mol. The van der Waals surface area contributed by atoms with Crippen LogP contribution in [0.25, 0.3) is 0 Å². The van der Waals surface area contributed by atoms with E-state index in [1.165, 1.54) is 0 Å². The lowest BCUT2D eigenvalue weighted by atomic mass is 10.4. The molecule has 5 heteroatoms. The molecule has 1 aromatic rings. The van der Waals surface area contributed by atoms with Crippen molar-refractivity contribution < 1.29 is 0 Å². The molecule has 5 nitrogen and oxygen atoms in total. The van der Waals surface area contributed by atoms with Crippen molar-refractivity contribution in [3.63, 3.8) is 0 Å². The lowest BCUT2D eigenvalue weighted by molar-refractivity contribution is 0.641. The Labute approximate surface area is 101 Å². The Morgan fingerprint density at radius 3 is 3.12 bits per heavy atom. The predicted octanol–water partition coefficient (Wildman–Crippen LogP) is 0.453. The van der Waals surface area contributed by atoms with Gasteiger partial charge in [0.25, 0.3) is 5.56 Å². The normalized spacial score (nSPS) is 16.9. The van der Waals surface area contributed by atoms with Gasteiger partial charge in [-0.1, -0.05) is 6.92 Å². The monoisotopic (exact) mass is 236 g/mol. The lowest BCUT2D eigenvalue weighted by Crippen LogP contribution is -2.35. The first-order valence-corrected chi connectivity index (χ1v) is 6.34. The number of nitrogens with zero attached hydrogens (tertiary/aromatic N) is 3. The Kier molecular flexibility index (Phi) is 4.14. The van der Waals surface area contributed by atoms with Gasteiger partial charge < -0.3 is 14.8 Å². The summed E-state index contributed by atoms with van der Waals surface area (Å²) >= 11 is 0. The van der Waals surface area contributed by atoms with Crippen LogP contribution in [0.3, 0.4) is 0 Å². The molecule has 1 aliphatic heterocycles. The third-order valence-electron chi connectivity index (χ3n) is 3.00. The minimum Gasteiger partial charge on any atom is -0.351 e. The Hall–Kier alpha value is -1.36. The van der Waals surface area contributed by atoms with Gasteiger partial charge in [-0.3, -0.25) is 4.79 Å². The van der Waals surface area contributed by atoms with Gasteiger partial charge in [0.1, 0.15) is 0 Å². The highest BCUT2D eigenvalue weighted by atomic mass is 16.1. The molecule has 1 aromatic heterocycles. The summed E-state index contributed by atoms with van der Waals surface area (Å²) in [5.41, 5.74) is 0.0382. The number of hydrogen-bond acceptors (Lipinski definition) is 4. The molecule has 1 aliphatic rings. The standard InChI is InChI=1S/C12H20N4O/c1-2-7-16-10-6-14-11(12(16)17)15-8-3-4-13-5-9-15/h6,10,13H,2-5,7-9H2,1H3. The first kappa shape index (κ1) is 12.1. The summed E-state index contributed by atoms with van der Waals surface area (Å²) in [5, 5.41) is 3.33. The quantitative estimate of drug-likeness (QED) is 0.828. The molecule has 0 amide bonds. The van der Waals surface area contributed by atoms with Crippen LogP contribution < -0.4 is 15.8 Å². The zero-order chi connectivity index (χ0) is 12.1. The number of nitrogens with one attached hydrogen (secondary N) is 1. The van der Waals surface area contributed by atoms with Gasteiger partial charge in [-0.15, -0.1) is 0 Å². The number of aryl methyl sites for hydroxylation is 1. The zero-order valence-corrected chi connectivity index (χ0v) is 10.4. The van der Waals surface area contributed by atoms with Crippen molar-refractivity contribution in [2.45, 2.75) is 26.3 Å². The minimum atomic E-state index is 0.0382. The Morgan fingerprint density at radius 1 is 1.41 bits per heavy atom. The Balaban J connectivity index is 2.24. The molecular weight excluding hydrogens is 216 g/mol. The molecule has 0 spiro atoms. The molecule has 0 radical (unpaired) electrons. The number of hydrogen-bond donors (Lipinski definition) is 1. The summed E-state index contributed by atoms with van der Waals surface area (Å²) in [5.74, 6) is 0.602. The zero-order valence-electron chi connectivity index (χ0n) is 10.4. The molecule has 0 saturated carbocycles. The van der Waals surface area contributed by atoms with Crippen LogP contribution in [0.1, 0.15) is 19.8 Å². The van der Waals surface area contributed by atoms with E-state index in [0.29, 0.717) is 5.82 Å². The van der Waals surface area contributed by atoms with Crippen molar-refractivity contribution in [3.05, 3.63) is 22.7 Å². The Morgan fingerprint density at radius 2 is 2.29 bits per heavy atom. The van der Waals surface area contributed by atoms with Gasteiger partial charge in [0.2, 0.25) is 0 Å². The highest BCUT2D eigenvalue weighted by Gasteiger charge is 2.14. The van der Waals surface area contributed by atoms with Gasteiger partial charge in [-0.2, -0.15) is 0 Å². The van der Waals surface area contributed by atoms with Gasteiger partial charge in [-0.25, -0.2) is 4.98 Å². The SMILES string of the molecule is CCCn1ccnc(N2CCCNCC2)c1=O. The second kappa shape index (κ2) is 5.82. The highest BCUT2D eigenvalue weighted by molar-refractivity contribution is 5.35. The molecule has 0 aromatic carbocycles. The van der Waals surface area contributed by atoms with Crippen molar-refractivity contribution in [1.82, 2.24) is 14.9 Å². The summed E-state index contributed by atoms with van der Waals surface area (Å²) in [6.45, 7) is 6.54. The van der Waals surface area contributed by atoms with Crippen LogP contribution in [0.2, 0.25) is 0 Å². The van der Waals surface area contributed by atoms with Crippen LogP contribution >= 0.6 is 0 Å². The predicted molar refractivity (Wildman–Crippen MR) is 68.5 cm³/mol. The van der Waals surface area contributed by atoms with Crippen LogP contribution in [0.4, 0.5) is 5.82 Å². The van der Waals surface area contributed by atoms with E-state index >= 15 is 0 Å². The first-order valence-electron chi connectivity index (χ1n) is 6.34. The molecule has 1 saturated heterocycles. The topological polar surface area (TPSA) is 50.2 Å². The molecule has 2 rings (SSSR count). The first-order chi connectivity index (χ1) is 8.33. The summed E-state index contributed by atoms with van der Waals surface area (Å²) in [6.07, 6.45) is 5.52. The summed E-state index contributed by atoms with van der Waals surface area (Å²) in [7, 11) is 0. The maximum atomic E-state index is 12.2. The number of aromatic nitrogens is 2. The molecule has 0 atom stereocenters. The van der Waals surface area contributed by atoms with Gasteiger partial charge in [0, 0.05) is 38.6 Å². The van der Waals surface area contributed by atoms with Crippen LogP contribution in [-0.2, 0) is 6.54 Å². The molecule has 1 fully saturated rings. The van der Waals surface area contributed by atoms with Crippen molar-refractivity contribution in [1.29, 1.82) is 0 Å². The van der Waals surface area contributed by atoms with Gasteiger partial charge in [-0.05, 0) is 19.4 Å². The summed E-state index contributed by atoms with van der Waals surface area (Å²) < 4.78 is 1.75. The van der Waals surface area contributed by atoms with Crippen LogP contribution in [-0.4, -0.2) is 35.7 Å². The summed E-state index contributed by atoms with van der Waals surface area (Å²) in [4.78, 5) is 18.6. The van der Waals surface area contributed by atoms with Gasteiger partial charge in [0.15, 0.2) is 5.82 Å². The fourth-order valence-electron chi connectivity index (χ4n) is 2.13. The maximum absolute atomic E-state index is 12.2. The third-order valence-corrected chi connectivity index (χ3v) is 3.00. The number of rotatable bonds is 3. The van der Waals surface area contributed by atoms with E-state index < -0.39 is 0 Å². The molecule has 0 unspecified atom stereocenters. The van der Waals surface area contributed by atoms with Gasteiger partial charge >= 0.3 is 0 Å². The molecule has 1 N–H and O–H groups in total. The van der Waals surface area contributed by atoms with E-state index in [-0.39, 0.29) is 5.56 Å². The van der Waals surface area contributed by atoms with Crippen molar-refractivity contribution in [3.8, 4) is 0 Å². The fourth-order valence-corrected chi connectivity index (χ4v) is 2.13. The molecule has 2 heterocycles. The van der Waals surface area contributed by atoms with Crippen molar-refractivity contribution in [2.24, 2.45) is 0 Å². The largest absolute Gasteiger partial charge is 0.351 e. The smallest absolute Gasteiger partial charge is 0.293 e. The highest BCUT2D eigenvalue weighted by Crippen LogP contribution is 2.05. The van der Waals surface area contributed by atoms with Crippen LogP contribution in [0, 0.1) is 0 Å². The molecule has 0 bridgehead atoms. The second-order valence-corrected chi connectivity index (χ2v) is 4.34. The fraction of sp³-hybridized carbons (Fsp3) is 0.667.